The third kappa shape index (κ3) is 5.71. The van der Waals surface area contributed by atoms with Crippen LogP contribution in [0, 0.1) is 0 Å². The van der Waals surface area contributed by atoms with Gasteiger partial charge in [-0.25, -0.2) is 4.79 Å². The fourth-order valence-corrected chi connectivity index (χ4v) is 1.68. The highest BCUT2D eigenvalue weighted by Gasteiger charge is 2.21. The first kappa shape index (κ1) is 19.1. The van der Waals surface area contributed by atoms with Crippen LogP contribution in [0.15, 0.2) is 34.6 Å². The van der Waals surface area contributed by atoms with Gasteiger partial charge in [-0.1, -0.05) is 34.6 Å². The molecule has 1 aromatic carbocycles. The number of amides is 3. The summed E-state index contributed by atoms with van der Waals surface area (Å²) in [4.78, 5) is 35.3. The van der Waals surface area contributed by atoms with Crippen molar-refractivity contribution in [1.82, 2.24) is 10.2 Å². The van der Waals surface area contributed by atoms with Crippen LogP contribution in [0.3, 0.4) is 0 Å². The van der Waals surface area contributed by atoms with Crippen LogP contribution in [-0.4, -0.2) is 49.5 Å². The van der Waals surface area contributed by atoms with Crippen LogP contribution in [0.4, 0.5) is 4.79 Å². The Hall–Kier alpha value is -2.90. The van der Waals surface area contributed by atoms with Gasteiger partial charge >= 0.3 is 6.03 Å². The summed E-state index contributed by atoms with van der Waals surface area (Å²) in [5.41, 5.74) is 1.93. The third-order valence-corrected chi connectivity index (χ3v) is 2.76. The maximum atomic E-state index is 12.3. The van der Waals surface area contributed by atoms with Gasteiger partial charge in [-0.05, 0) is 13.8 Å². The highest BCUT2D eigenvalue weighted by atomic mass is 16.6. The first-order valence-corrected chi connectivity index (χ1v) is 7.22. The van der Waals surface area contributed by atoms with Crippen molar-refractivity contribution in [3.63, 3.8) is 0 Å². The van der Waals surface area contributed by atoms with Crippen molar-refractivity contribution < 1.29 is 19.3 Å². The second kappa shape index (κ2) is 9.29. The molecule has 1 rings (SSSR count). The van der Waals surface area contributed by atoms with Crippen LogP contribution in [0.1, 0.15) is 25.0 Å². The summed E-state index contributed by atoms with van der Waals surface area (Å²) in [7, 11) is 4.39. The first-order chi connectivity index (χ1) is 11.4. The van der Waals surface area contributed by atoms with Crippen LogP contribution in [0.5, 0.6) is 0 Å². The molecule has 1 aromatic rings. The lowest BCUT2D eigenvalue weighted by atomic mass is 10.0. The summed E-state index contributed by atoms with van der Waals surface area (Å²) in [6.07, 6.45) is 0. The van der Waals surface area contributed by atoms with Crippen molar-refractivity contribution in [1.29, 1.82) is 0 Å². The van der Waals surface area contributed by atoms with Gasteiger partial charge in [0.2, 0.25) is 0 Å². The summed E-state index contributed by atoms with van der Waals surface area (Å²) in [5.74, 6) is -0.668. The molecule has 0 aliphatic rings. The van der Waals surface area contributed by atoms with E-state index in [-0.39, 0.29) is 12.3 Å². The van der Waals surface area contributed by atoms with E-state index in [1.165, 1.54) is 26.1 Å². The van der Waals surface area contributed by atoms with Crippen LogP contribution in [0.25, 0.3) is 0 Å². The van der Waals surface area contributed by atoms with E-state index in [1.54, 1.807) is 24.3 Å². The minimum Gasteiger partial charge on any atom is -0.398 e. The van der Waals surface area contributed by atoms with Crippen molar-refractivity contribution >= 4 is 23.4 Å². The van der Waals surface area contributed by atoms with E-state index in [9.17, 15) is 9.59 Å². The summed E-state index contributed by atoms with van der Waals surface area (Å²) in [5, 5.41) is 9.85. The Kier molecular flexibility index (Phi) is 7.41. The van der Waals surface area contributed by atoms with E-state index in [0.29, 0.717) is 11.1 Å². The molecule has 0 aliphatic heterocycles. The molecule has 0 aromatic heterocycles. The number of nitrogens with zero attached hydrogens (tertiary/aromatic N) is 3. The zero-order valence-corrected chi connectivity index (χ0v) is 14.5. The molecule has 0 radical (unpaired) electrons. The second-order valence-corrected chi connectivity index (χ2v) is 5.25. The average Bonchev–Trinajstić information content (AvgIpc) is 2.52. The van der Waals surface area contributed by atoms with Gasteiger partial charge in [-0.3, -0.25) is 10.1 Å². The van der Waals surface area contributed by atoms with Crippen molar-refractivity contribution in [2.45, 2.75) is 20.5 Å². The standard InChI is InChI=1S/C16H22N4O4/c1-11(2)18-24-10-12-8-6-7-9-13(12)14(19-23-5)15(21)17-16(22)20(3)4/h6-9H,10H2,1-5H3,(H,17,21,22)/b19-14+. The van der Waals surface area contributed by atoms with Crippen LogP contribution in [-0.2, 0) is 21.1 Å². The molecular formula is C16H22N4O4. The normalized spacial score (nSPS) is 10.6. The van der Waals surface area contributed by atoms with Gasteiger partial charge in [0.05, 0.1) is 5.71 Å². The van der Waals surface area contributed by atoms with E-state index in [2.05, 4.69) is 15.6 Å². The predicted octanol–water partition coefficient (Wildman–Crippen LogP) is 1.75. The Morgan fingerprint density at radius 3 is 2.42 bits per heavy atom. The highest BCUT2D eigenvalue weighted by molar-refractivity contribution is 6.47. The topological polar surface area (TPSA) is 92.6 Å². The Morgan fingerprint density at radius 1 is 1.17 bits per heavy atom. The molecule has 0 unspecified atom stereocenters. The molecule has 0 heterocycles. The number of nitrogens with one attached hydrogen (secondary N) is 1. The SMILES string of the molecule is CO/N=C(/C(=O)NC(=O)N(C)C)c1ccccc1CON=C(C)C. The molecule has 0 aliphatic carbocycles. The molecule has 0 fully saturated rings. The van der Waals surface area contributed by atoms with Crippen molar-refractivity contribution in [3.05, 3.63) is 35.4 Å². The lowest BCUT2D eigenvalue weighted by molar-refractivity contribution is -0.114. The molecule has 24 heavy (non-hydrogen) atoms. The van der Waals surface area contributed by atoms with Crippen LogP contribution >= 0.6 is 0 Å². The number of carbonyl (C=O) groups is 2. The minimum absolute atomic E-state index is 0.0240. The number of rotatable bonds is 6. The highest BCUT2D eigenvalue weighted by Crippen LogP contribution is 2.13. The quantitative estimate of drug-likeness (QED) is 0.633. The van der Waals surface area contributed by atoms with Crippen LogP contribution in [0.2, 0.25) is 0 Å². The fourth-order valence-electron chi connectivity index (χ4n) is 1.68. The minimum atomic E-state index is -0.668. The molecule has 130 valence electrons. The molecule has 8 heteroatoms. The number of carbonyl (C=O) groups excluding carboxylic acids is 2. The number of hydrogen-bond acceptors (Lipinski definition) is 6. The first-order valence-electron chi connectivity index (χ1n) is 7.22. The summed E-state index contributed by atoms with van der Waals surface area (Å²) in [6, 6.07) is 6.47. The summed E-state index contributed by atoms with van der Waals surface area (Å²) >= 11 is 0. The van der Waals surface area contributed by atoms with Crippen LogP contribution < -0.4 is 5.32 Å². The van der Waals surface area contributed by atoms with Gasteiger partial charge in [-0.2, -0.15) is 0 Å². The Morgan fingerprint density at radius 2 is 1.83 bits per heavy atom. The van der Waals surface area contributed by atoms with E-state index in [0.717, 1.165) is 5.71 Å². The van der Waals surface area contributed by atoms with Crippen molar-refractivity contribution in [3.8, 4) is 0 Å². The fraction of sp³-hybridized carbons (Fsp3) is 0.375. The molecule has 0 atom stereocenters. The Balaban J connectivity index is 3.09. The maximum absolute atomic E-state index is 12.3. The average molecular weight is 334 g/mol. The Labute approximate surface area is 141 Å². The lowest BCUT2D eigenvalue weighted by Gasteiger charge is -2.13. The molecule has 8 nitrogen and oxygen atoms in total. The summed E-state index contributed by atoms with van der Waals surface area (Å²) < 4.78 is 0. The van der Waals surface area contributed by atoms with Crippen molar-refractivity contribution in [2.24, 2.45) is 10.3 Å². The maximum Gasteiger partial charge on any atom is 0.323 e. The molecule has 0 spiro atoms. The van der Waals surface area contributed by atoms with Gasteiger partial charge in [-0.15, -0.1) is 0 Å². The number of hydrogen-bond donors (Lipinski definition) is 1. The smallest absolute Gasteiger partial charge is 0.323 e. The summed E-state index contributed by atoms with van der Waals surface area (Å²) in [6.45, 7) is 3.77. The van der Waals surface area contributed by atoms with Crippen molar-refractivity contribution in [2.75, 3.05) is 21.2 Å². The van der Waals surface area contributed by atoms with Gasteiger partial charge in [0.15, 0.2) is 5.71 Å². The number of urea groups is 1. The molecule has 0 saturated carbocycles. The number of oxime groups is 2. The third-order valence-electron chi connectivity index (χ3n) is 2.76. The predicted molar refractivity (Wildman–Crippen MR) is 90.8 cm³/mol. The number of benzene rings is 1. The number of imide groups is 1. The van der Waals surface area contributed by atoms with Gasteiger partial charge < -0.3 is 14.6 Å². The molecular weight excluding hydrogens is 312 g/mol. The zero-order valence-electron chi connectivity index (χ0n) is 14.5. The molecule has 0 saturated heterocycles. The molecule has 3 amide bonds. The van der Waals surface area contributed by atoms with Gasteiger partial charge in [0.1, 0.15) is 13.7 Å². The largest absolute Gasteiger partial charge is 0.398 e. The van der Waals surface area contributed by atoms with E-state index < -0.39 is 11.9 Å². The van der Waals surface area contributed by atoms with E-state index in [4.69, 9.17) is 9.68 Å². The molecule has 1 N–H and O–H groups in total. The van der Waals surface area contributed by atoms with Gasteiger partial charge in [0, 0.05) is 25.2 Å². The molecule has 0 bridgehead atoms. The monoisotopic (exact) mass is 334 g/mol. The van der Waals surface area contributed by atoms with E-state index in [1.807, 2.05) is 13.8 Å². The zero-order chi connectivity index (χ0) is 18.1. The second-order valence-electron chi connectivity index (χ2n) is 5.25. The lowest BCUT2D eigenvalue weighted by Crippen LogP contribution is -2.42. The van der Waals surface area contributed by atoms with E-state index >= 15 is 0 Å². The van der Waals surface area contributed by atoms with Gasteiger partial charge in [0.25, 0.3) is 5.91 Å². The Bertz CT molecular complexity index is 649.